The molecule has 0 aliphatic rings. The normalized spacial score (nSPS) is 10.4. The summed E-state index contributed by atoms with van der Waals surface area (Å²) in [5.41, 5.74) is 3.45. The summed E-state index contributed by atoms with van der Waals surface area (Å²) >= 11 is 1.18. The molecular weight excluding hydrogens is 419 g/mol. The average Bonchev–Trinajstić information content (AvgIpc) is 3.24. The van der Waals surface area contributed by atoms with Gasteiger partial charge < -0.3 is 15.4 Å². The molecule has 0 fully saturated rings. The van der Waals surface area contributed by atoms with Crippen LogP contribution in [0.15, 0.2) is 54.6 Å². The van der Waals surface area contributed by atoms with Crippen LogP contribution in [-0.2, 0) is 14.3 Å². The fourth-order valence-electron chi connectivity index (χ4n) is 2.73. The summed E-state index contributed by atoms with van der Waals surface area (Å²) in [4.78, 5) is 37.2. The Balaban J connectivity index is 1.45. The smallest absolute Gasteiger partial charge is 0.348 e. The first-order valence-corrected chi connectivity index (χ1v) is 10.3. The van der Waals surface area contributed by atoms with E-state index in [9.17, 15) is 18.8 Å². The second-order valence-electron chi connectivity index (χ2n) is 6.82. The third-order valence-electron chi connectivity index (χ3n) is 4.60. The Morgan fingerprint density at radius 3 is 2.45 bits per heavy atom. The van der Waals surface area contributed by atoms with Crippen molar-refractivity contribution < 1.29 is 23.5 Å². The molecule has 0 radical (unpaired) electrons. The molecule has 2 N–H and O–H groups in total. The molecule has 0 saturated carbocycles. The summed E-state index contributed by atoms with van der Waals surface area (Å²) in [5.74, 6) is -1.95. The van der Waals surface area contributed by atoms with Crippen molar-refractivity contribution >= 4 is 34.8 Å². The largest absolute Gasteiger partial charge is 0.451 e. The minimum atomic E-state index is -0.645. The highest BCUT2D eigenvalue weighted by Gasteiger charge is 2.14. The molecule has 1 heterocycles. The number of esters is 1. The number of hydrogen-bond donors (Lipinski definition) is 2. The van der Waals surface area contributed by atoms with E-state index in [0.29, 0.717) is 10.6 Å². The maximum absolute atomic E-state index is 13.0. The van der Waals surface area contributed by atoms with E-state index >= 15 is 0 Å². The number of amides is 2. The molecule has 0 saturated heterocycles. The zero-order valence-electron chi connectivity index (χ0n) is 17.0. The van der Waals surface area contributed by atoms with Gasteiger partial charge in [-0.1, -0.05) is 24.3 Å². The van der Waals surface area contributed by atoms with Crippen LogP contribution in [0.25, 0.3) is 10.4 Å². The number of aryl methyl sites for hydroxylation is 1. The molecular formula is C23H21FN2O4S. The number of ether oxygens (including phenoxy) is 1. The molecule has 0 unspecified atom stereocenters. The first-order chi connectivity index (χ1) is 14.8. The number of anilines is 1. The van der Waals surface area contributed by atoms with Gasteiger partial charge in [-0.25, -0.2) is 9.18 Å². The van der Waals surface area contributed by atoms with Crippen LogP contribution in [0.1, 0.15) is 20.8 Å². The van der Waals surface area contributed by atoms with Crippen molar-refractivity contribution in [2.75, 3.05) is 18.5 Å². The zero-order chi connectivity index (χ0) is 22.4. The number of carbonyl (C=O) groups excluding carboxylic acids is 3. The van der Waals surface area contributed by atoms with Crippen LogP contribution < -0.4 is 10.6 Å². The molecule has 0 spiro atoms. The van der Waals surface area contributed by atoms with E-state index in [1.807, 2.05) is 26.0 Å². The molecule has 160 valence electrons. The Hall–Kier alpha value is -3.52. The summed E-state index contributed by atoms with van der Waals surface area (Å²) in [7, 11) is 0. The summed E-state index contributed by atoms with van der Waals surface area (Å²) < 4.78 is 18.0. The van der Waals surface area contributed by atoms with E-state index in [4.69, 9.17) is 4.74 Å². The highest BCUT2D eigenvalue weighted by molar-refractivity contribution is 7.17. The molecule has 0 atom stereocenters. The van der Waals surface area contributed by atoms with Crippen molar-refractivity contribution in [3.05, 3.63) is 76.4 Å². The lowest BCUT2D eigenvalue weighted by Crippen LogP contribution is -2.35. The van der Waals surface area contributed by atoms with Crippen LogP contribution >= 0.6 is 11.3 Å². The summed E-state index contributed by atoms with van der Waals surface area (Å²) in [5, 5.41) is 5.16. The molecule has 2 amide bonds. The lowest BCUT2D eigenvalue weighted by molar-refractivity contribution is -0.126. The lowest BCUT2D eigenvalue weighted by Gasteiger charge is -2.11. The molecule has 2 aromatic carbocycles. The third kappa shape index (κ3) is 5.99. The van der Waals surface area contributed by atoms with Crippen LogP contribution in [-0.4, -0.2) is 30.9 Å². The topological polar surface area (TPSA) is 84.5 Å². The van der Waals surface area contributed by atoms with Crippen LogP contribution in [0.3, 0.4) is 0 Å². The number of nitrogens with one attached hydrogen (secondary N) is 2. The number of benzene rings is 2. The van der Waals surface area contributed by atoms with E-state index in [0.717, 1.165) is 21.6 Å². The van der Waals surface area contributed by atoms with Gasteiger partial charge in [0.25, 0.3) is 5.91 Å². The number of hydrogen-bond acceptors (Lipinski definition) is 5. The zero-order valence-corrected chi connectivity index (χ0v) is 17.8. The average molecular weight is 440 g/mol. The second kappa shape index (κ2) is 9.99. The van der Waals surface area contributed by atoms with Crippen LogP contribution in [0, 0.1) is 19.7 Å². The van der Waals surface area contributed by atoms with Crippen molar-refractivity contribution in [2.24, 2.45) is 0 Å². The quantitative estimate of drug-likeness (QED) is 0.542. The first-order valence-electron chi connectivity index (χ1n) is 9.49. The molecule has 8 heteroatoms. The van der Waals surface area contributed by atoms with Gasteiger partial charge in [0.2, 0.25) is 5.91 Å². The number of thiophene rings is 1. The van der Waals surface area contributed by atoms with Gasteiger partial charge in [0.15, 0.2) is 6.61 Å². The van der Waals surface area contributed by atoms with Crippen molar-refractivity contribution in [2.45, 2.75) is 13.8 Å². The van der Waals surface area contributed by atoms with Gasteiger partial charge in [-0.05, 0) is 60.9 Å². The fourth-order valence-corrected chi connectivity index (χ4v) is 3.64. The molecule has 6 nitrogen and oxygen atoms in total. The molecule has 31 heavy (non-hydrogen) atoms. The van der Waals surface area contributed by atoms with Gasteiger partial charge in [-0.3, -0.25) is 9.59 Å². The minimum absolute atomic E-state index is 0.239. The van der Waals surface area contributed by atoms with Crippen LogP contribution in [0.5, 0.6) is 0 Å². The van der Waals surface area contributed by atoms with Crippen molar-refractivity contribution in [1.82, 2.24) is 5.32 Å². The lowest BCUT2D eigenvalue weighted by atomic mass is 10.1. The van der Waals surface area contributed by atoms with E-state index in [2.05, 4.69) is 10.6 Å². The Labute approximate surface area is 183 Å². The second-order valence-corrected chi connectivity index (χ2v) is 7.90. The number of rotatable bonds is 7. The monoisotopic (exact) mass is 440 g/mol. The van der Waals surface area contributed by atoms with E-state index in [-0.39, 0.29) is 18.3 Å². The van der Waals surface area contributed by atoms with E-state index < -0.39 is 18.5 Å². The maximum Gasteiger partial charge on any atom is 0.348 e. The fraction of sp³-hybridized carbons (Fsp3) is 0.174. The minimum Gasteiger partial charge on any atom is -0.451 e. The maximum atomic E-state index is 13.0. The van der Waals surface area contributed by atoms with Crippen LogP contribution in [0.4, 0.5) is 10.1 Å². The van der Waals surface area contributed by atoms with Gasteiger partial charge in [0, 0.05) is 10.6 Å². The number of carbonyl (C=O) groups is 3. The van der Waals surface area contributed by atoms with E-state index in [1.54, 1.807) is 30.3 Å². The van der Waals surface area contributed by atoms with Gasteiger partial charge in [0.05, 0.1) is 6.54 Å². The molecule has 0 bridgehead atoms. The molecule has 0 aliphatic heterocycles. The summed E-state index contributed by atoms with van der Waals surface area (Å²) in [6.45, 7) is 3.10. The summed E-state index contributed by atoms with van der Waals surface area (Å²) in [6, 6.07) is 14.8. The Kier molecular flexibility index (Phi) is 7.15. The SMILES string of the molecule is Cc1cccc(NC(=O)CNC(=O)COC(=O)c2ccc(-c3ccc(F)cc3)s2)c1C. The van der Waals surface area contributed by atoms with Gasteiger partial charge >= 0.3 is 5.97 Å². The predicted octanol–water partition coefficient (Wildman–Crippen LogP) is 4.08. The molecule has 3 aromatic rings. The molecule has 3 rings (SSSR count). The van der Waals surface area contributed by atoms with Gasteiger partial charge in [-0.2, -0.15) is 0 Å². The standard InChI is InChI=1S/C23H21FN2O4S/c1-14-4-3-5-18(15(14)2)26-21(27)12-25-22(28)13-30-23(29)20-11-10-19(31-20)16-6-8-17(24)9-7-16/h3-11H,12-13H2,1-2H3,(H,25,28)(H,26,27). The third-order valence-corrected chi connectivity index (χ3v) is 5.71. The Bertz CT molecular complexity index is 1110. The predicted molar refractivity (Wildman–Crippen MR) is 118 cm³/mol. The van der Waals surface area contributed by atoms with Crippen molar-refractivity contribution in [3.63, 3.8) is 0 Å². The van der Waals surface area contributed by atoms with Crippen LogP contribution in [0.2, 0.25) is 0 Å². The highest BCUT2D eigenvalue weighted by atomic mass is 32.1. The van der Waals surface area contributed by atoms with Gasteiger partial charge in [-0.15, -0.1) is 11.3 Å². The van der Waals surface area contributed by atoms with Crippen molar-refractivity contribution in [1.29, 1.82) is 0 Å². The molecule has 0 aliphatic carbocycles. The first kappa shape index (κ1) is 22.2. The Morgan fingerprint density at radius 2 is 1.71 bits per heavy atom. The highest BCUT2D eigenvalue weighted by Crippen LogP contribution is 2.28. The molecule has 1 aromatic heterocycles. The van der Waals surface area contributed by atoms with Gasteiger partial charge in [0.1, 0.15) is 10.7 Å². The van der Waals surface area contributed by atoms with E-state index in [1.165, 1.54) is 23.5 Å². The number of halogens is 1. The van der Waals surface area contributed by atoms with Crippen molar-refractivity contribution in [3.8, 4) is 10.4 Å². The summed E-state index contributed by atoms with van der Waals surface area (Å²) in [6.07, 6.45) is 0. The Morgan fingerprint density at radius 1 is 0.968 bits per heavy atom.